The van der Waals surface area contributed by atoms with Crippen molar-refractivity contribution in [3.63, 3.8) is 0 Å². The van der Waals surface area contributed by atoms with Gasteiger partial charge in [0.25, 0.3) is 0 Å². The summed E-state index contributed by atoms with van der Waals surface area (Å²) in [6, 6.07) is 8.23. The van der Waals surface area contributed by atoms with Crippen LogP contribution >= 0.6 is 0 Å². The molecule has 1 aromatic carbocycles. The molecule has 0 saturated carbocycles. The van der Waals surface area contributed by atoms with Crippen LogP contribution in [0.1, 0.15) is 29.6 Å². The summed E-state index contributed by atoms with van der Waals surface area (Å²) < 4.78 is 4.74. The van der Waals surface area contributed by atoms with Crippen LogP contribution in [0.15, 0.2) is 30.3 Å². The average molecular weight is 263 g/mol. The minimum Gasteiger partial charge on any atom is -0.468 e. The zero-order valence-corrected chi connectivity index (χ0v) is 10.9. The number of methoxy groups -OCH3 is 1. The molecule has 1 aliphatic rings. The summed E-state index contributed by atoms with van der Waals surface area (Å²) in [4.78, 5) is 28.9. The summed E-state index contributed by atoms with van der Waals surface area (Å²) in [6.45, 7) is 0.554. The first-order chi connectivity index (χ1) is 9.22. The van der Waals surface area contributed by atoms with Crippen LogP contribution in [0, 0.1) is 0 Å². The highest BCUT2D eigenvalue weighted by atomic mass is 16.7. The van der Waals surface area contributed by atoms with Crippen molar-refractivity contribution >= 4 is 11.9 Å². The first kappa shape index (κ1) is 13.5. The van der Waals surface area contributed by atoms with Crippen molar-refractivity contribution in [3.05, 3.63) is 35.9 Å². The van der Waals surface area contributed by atoms with E-state index in [0.717, 1.165) is 12.8 Å². The molecule has 1 fully saturated rings. The summed E-state index contributed by atoms with van der Waals surface area (Å²) in [6.07, 6.45) is 2.48. The highest BCUT2D eigenvalue weighted by molar-refractivity contribution is 5.89. The Bertz CT molecular complexity index is 446. The molecule has 1 heterocycles. The van der Waals surface area contributed by atoms with Crippen molar-refractivity contribution in [2.75, 3.05) is 13.7 Å². The number of carbonyl (C=O) groups is 2. The number of piperidine rings is 1. The Kier molecular flexibility index (Phi) is 4.52. The fraction of sp³-hybridized carbons (Fsp3) is 0.429. The van der Waals surface area contributed by atoms with E-state index >= 15 is 0 Å². The maximum Gasteiger partial charge on any atom is 0.357 e. The predicted molar refractivity (Wildman–Crippen MR) is 68.2 cm³/mol. The molecule has 1 saturated heterocycles. The number of hydroxylamine groups is 2. The van der Waals surface area contributed by atoms with Crippen LogP contribution < -0.4 is 0 Å². The Hall–Kier alpha value is -1.88. The largest absolute Gasteiger partial charge is 0.468 e. The zero-order chi connectivity index (χ0) is 13.7. The summed E-state index contributed by atoms with van der Waals surface area (Å²) in [5.74, 6) is -0.808. The number of hydrogen-bond donors (Lipinski definition) is 0. The van der Waals surface area contributed by atoms with E-state index in [1.807, 2.05) is 6.07 Å². The molecule has 0 radical (unpaired) electrons. The van der Waals surface area contributed by atoms with Gasteiger partial charge in [-0.2, -0.15) is 0 Å². The van der Waals surface area contributed by atoms with Crippen LogP contribution in [0.3, 0.4) is 0 Å². The molecule has 5 heteroatoms. The molecule has 0 aliphatic carbocycles. The van der Waals surface area contributed by atoms with Crippen molar-refractivity contribution < 1.29 is 19.2 Å². The monoisotopic (exact) mass is 263 g/mol. The van der Waals surface area contributed by atoms with Crippen LogP contribution in [0.5, 0.6) is 0 Å². The second-order valence-corrected chi connectivity index (χ2v) is 4.42. The van der Waals surface area contributed by atoms with E-state index in [1.54, 1.807) is 24.3 Å². The molecule has 2 rings (SSSR count). The number of esters is 1. The second kappa shape index (κ2) is 6.33. The van der Waals surface area contributed by atoms with Gasteiger partial charge in [0.05, 0.1) is 12.7 Å². The molecule has 0 amide bonds. The molecule has 0 spiro atoms. The first-order valence-corrected chi connectivity index (χ1v) is 6.34. The lowest BCUT2D eigenvalue weighted by atomic mass is 10.0. The molecule has 0 bridgehead atoms. The van der Waals surface area contributed by atoms with Crippen molar-refractivity contribution in [1.82, 2.24) is 5.06 Å². The van der Waals surface area contributed by atoms with Gasteiger partial charge in [-0.25, -0.2) is 4.79 Å². The Morgan fingerprint density at radius 2 is 1.95 bits per heavy atom. The highest BCUT2D eigenvalue weighted by Gasteiger charge is 2.32. The SMILES string of the molecule is COC(=O)[C@@H]1CCCCN1OC(=O)c1ccccc1. The lowest BCUT2D eigenvalue weighted by Gasteiger charge is -2.31. The number of ether oxygens (including phenoxy) is 1. The normalized spacial score (nSPS) is 19.7. The average Bonchev–Trinajstić information content (AvgIpc) is 2.48. The molecule has 19 heavy (non-hydrogen) atoms. The number of rotatable bonds is 3. The van der Waals surface area contributed by atoms with Crippen LogP contribution in [0.4, 0.5) is 0 Å². The third-order valence-corrected chi connectivity index (χ3v) is 3.14. The molecule has 1 aliphatic heterocycles. The van der Waals surface area contributed by atoms with Crippen LogP contribution in [-0.2, 0) is 14.4 Å². The maximum absolute atomic E-state index is 12.0. The van der Waals surface area contributed by atoms with Crippen molar-refractivity contribution in [2.24, 2.45) is 0 Å². The molecule has 0 unspecified atom stereocenters. The van der Waals surface area contributed by atoms with E-state index in [-0.39, 0.29) is 5.97 Å². The van der Waals surface area contributed by atoms with E-state index in [4.69, 9.17) is 9.57 Å². The van der Waals surface area contributed by atoms with Crippen LogP contribution in [0.2, 0.25) is 0 Å². The summed E-state index contributed by atoms with van der Waals surface area (Å²) in [5, 5.41) is 1.44. The van der Waals surface area contributed by atoms with E-state index < -0.39 is 12.0 Å². The Morgan fingerprint density at radius 1 is 1.21 bits per heavy atom. The van der Waals surface area contributed by atoms with Gasteiger partial charge in [-0.3, -0.25) is 4.79 Å². The topological polar surface area (TPSA) is 55.8 Å². The van der Waals surface area contributed by atoms with E-state index in [9.17, 15) is 9.59 Å². The predicted octanol–water partition coefficient (Wildman–Crippen LogP) is 1.79. The van der Waals surface area contributed by atoms with Gasteiger partial charge in [0.15, 0.2) is 0 Å². The standard InChI is InChI=1S/C14H17NO4/c1-18-14(17)12-9-5-6-10-15(12)19-13(16)11-7-3-2-4-8-11/h2-4,7-8,12H,5-6,9-10H2,1H3/t12-/m0/s1. The Labute approximate surface area is 112 Å². The second-order valence-electron chi connectivity index (χ2n) is 4.42. The molecule has 102 valence electrons. The maximum atomic E-state index is 12.0. The lowest BCUT2D eigenvalue weighted by Crippen LogP contribution is -2.46. The van der Waals surface area contributed by atoms with Crippen LogP contribution in [-0.4, -0.2) is 36.7 Å². The van der Waals surface area contributed by atoms with Crippen molar-refractivity contribution in [1.29, 1.82) is 0 Å². The summed E-state index contributed by atoms with van der Waals surface area (Å²) in [7, 11) is 1.34. The fourth-order valence-electron chi connectivity index (χ4n) is 2.12. The van der Waals surface area contributed by atoms with Gasteiger partial charge in [-0.1, -0.05) is 18.2 Å². The van der Waals surface area contributed by atoms with E-state index in [2.05, 4.69) is 0 Å². The molecular weight excluding hydrogens is 246 g/mol. The quantitative estimate of drug-likeness (QED) is 0.778. The number of nitrogens with zero attached hydrogens (tertiary/aromatic N) is 1. The van der Waals surface area contributed by atoms with Crippen molar-refractivity contribution in [3.8, 4) is 0 Å². The fourth-order valence-corrected chi connectivity index (χ4v) is 2.12. The van der Waals surface area contributed by atoms with E-state index in [1.165, 1.54) is 12.2 Å². The summed E-state index contributed by atoms with van der Waals surface area (Å²) in [5.41, 5.74) is 0.469. The van der Waals surface area contributed by atoms with Gasteiger partial charge in [0.1, 0.15) is 6.04 Å². The van der Waals surface area contributed by atoms with E-state index in [0.29, 0.717) is 18.5 Å². The highest BCUT2D eigenvalue weighted by Crippen LogP contribution is 2.19. The van der Waals surface area contributed by atoms with Crippen molar-refractivity contribution in [2.45, 2.75) is 25.3 Å². The lowest BCUT2D eigenvalue weighted by molar-refractivity contribution is -0.180. The first-order valence-electron chi connectivity index (χ1n) is 6.34. The van der Waals surface area contributed by atoms with Gasteiger partial charge in [-0.05, 0) is 31.4 Å². The third kappa shape index (κ3) is 3.32. The molecule has 0 N–H and O–H groups in total. The molecule has 5 nitrogen and oxygen atoms in total. The molecule has 0 aromatic heterocycles. The van der Waals surface area contributed by atoms with Gasteiger partial charge < -0.3 is 9.57 Å². The zero-order valence-electron chi connectivity index (χ0n) is 10.9. The Morgan fingerprint density at radius 3 is 2.63 bits per heavy atom. The molecule has 1 aromatic rings. The number of carbonyl (C=O) groups excluding carboxylic acids is 2. The van der Waals surface area contributed by atoms with Gasteiger partial charge in [0.2, 0.25) is 0 Å². The van der Waals surface area contributed by atoms with Gasteiger partial charge in [-0.15, -0.1) is 5.06 Å². The minimum atomic E-state index is -0.494. The molecule has 1 atom stereocenters. The minimum absolute atomic E-state index is 0.361. The summed E-state index contributed by atoms with van der Waals surface area (Å²) >= 11 is 0. The smallest absolute Gasteiger partial charge is 0.357 e. The van der Waals surface area contributed by atoms with Gasteiger partial charge in [0, 0.05) is 6.54 Å². The van der Waals surface area contributed by atoms with Gasteiger partial charge >= 0.3 is 11.9 Å². The third-order valence-electron chi connectivity index (χ3n) is 3.14. The number of hydrogen-bond acceptors (Lipinski definition) is 5. The van der Waals surface area contributed by atoms with Crippen LogP contribution in [0.25, 0.3) is 0 Å². The molecular formula is C14H17NO4. The Balaban J connectivity index is 2.03. The number of benzene rings is 1.